The first-order chi connectivity index (χ1) is 12.8. The van der Waals surface area contributed by atoms with Crippen LogP contribution in [0.4, 0.5) is 0 Å². The molecule has 6 heteroatoms. The first kappa shape index (κ1) is 19.5. The summed E-state index contributed by atoms with van der Waals surface area (Å²) in [5.41, 5.74) is 3.42. The first-order valence-corrected chi connectivity index (χ1v) is 10.8. The summed E-state index contributed by atoms with van der Waals surface area (Å²) in [6.45, 7) is 1.89. The number of halogens is 1. The minimum atomic E-state index is -3.51. The van der Waals surface area contributed by atoms with Gasteiger partial charge in [-0.2, -0.15) is 8.42 Å². The topological polar surface area (TPSA) is 56.3 Å². The number of rotatable bonds is 6. The van der Waals surface area contributed by atoms with E-state index in [-0.39, 0.29) is 0 Å². The molecule has 0 aliphatic carbocycles. The number of nitrogens with zero attached hydrogens (tertiary/aromatic N) is 1. The van der Waals surface area contributed by atoms with Crippen molar-refractivity contribution in [1.82, 2.24) is 4.98 Å². The van der Waals surface area contributed by atoms with Crippen LogP contribution in [0.25, 0.3) is 23.1 Å². The SMILES string of the molecule is CC[C@H](OS(C)(=O)=O)c1cccc(C=Cc2ccc3ccc(Cl)cc3n2)c1. The fourth-order valence-electron chi connectivity index (χ4n) is 2.81. The fourth-order valence-corrected chi connectivity index (χ4v) is 3.65. The van der Waals surface area contributed by atoms with E-state index in [0.29, 0.717) is 11.4 Å². The summed E-state index contributed by atoms with van der Waals surface area (Å²) in [6.07, 6.45) is 4.99. The van der Waals surface area contributed by atoms with Crippen LogP contribution in [-0.2, 0) is 14.3 Å². The van der Waals surface area contributed by atoms with Crippen LogP contribution < -0.4 is 0 Å². The third-order valence-corrected chi connectivity index (χ3v) is 4.88. The Morgan fingerprint density at radius 3 is 2.63 bits per heavy atom. The van der Waals surface area contributed by atoms with Crippen LogP contribution in [0, 0.1) is 0 Å². The number of hydrogen-bond donors (Lipinski definition) is 0. The summed E-state index contributed by atoms with van der Waals surface area (Å²) in [6, 6.07) is 17.2. The Bertz CT molecular complexity index is 1090. The van der Waals surface area contributed by atoms with Gasteiger partial charge in [0.1, 0.15) is 6.10 Å². The van der Waals surface area contributed by atoms with Crippen LogP contribution in [0.1, 0.15) is 36.3 Å². The van der Waals surface area contributed by atoms with E-state index in [4.69, 9.17) is 15.8 Å². The van der Waals surface area contributed by atoms with Crippen molar-refractivity contribution in [2.75, 3.05) is 6.26 Å². The molecular formula is C21H20ClNO3S. The largest absolute Gasteiger partial charge is 0.264 e. The summed E-state index contributed by atoms with van der Waals surface area (Å²) in [4.78, 5) is 4.60. The van der Waals surface area contributed by atoms with E-state index in [9.17, 15) is 8.42 Å². The van der Waals surface area contributed by atoms with Crippen molar-refractivity contribution in [2.45, 2.75) is 19.4 Å². The molecule has 3 rings (SSSR count). The summed E-state index contributed by atoms with van der Waals surface area (Å²) >= 11 is 6.04. The lowest BCUT2D eigenvalue weighted by Crippen LogP contribution is -2.09. The number of pyridine rings is 1. The molecule has 1 atom stereocenters. The van der Waals surface area contributed by atoms with Crippen molar-refractivity contribution in [3.05, 3.63) is 76.4 Å². The van der Waals surface area contributed by atoms with Crippen LogP contribution in [-0.4, -0.2) is 19.7 Å². The van der Waals surface area contributed by atoms with E-state index < -0.39 is 16.2 Å². The van der Waals surface area contributed by atoms with Gasteiger partial charge < -0.3 is 0 Å². The van der Waals surface area contributed by atoms with Crippen molar-refractivity contribution in [3.8, 4) is 0 Å². The second-order valence-corrected chi connectivity index (χ2v) is 8.31. The number of aromatic nitrogens is 1. The first-order valence-electron chi connectivity index (χ1n) is 8.56. The van der Waals surface area contributed by atoms with Crippen molar-refractivity contribution in [3.63, 3.8) is 0 Å². The van der Waals surface area contributed by atoms with Crippen molar-refractivity contribution < 1.29 is 12.6 Å². The average Bonchev–Trinajstić information content (AvgIpc) is 2.63. The van der Waals surface area contributed by atoms with E-state index >= 15 is 0 Å². The second kappa shape index (κ2) is 8.21. The molecule has 1 aromatic heterocycles. The van der Waals surface area contributed by atoms with Crippen LogP contribution in [0.5, 0.6) is 0 Å². The zero-order valence-corrected chi connectivity index (χ0v) is 16.7. The Kier molecular flexibility index (Phi) is 5.95. The Morgan fingerprint density at radius 1 is 1.11 bits per heavy atom. The minimum absolute atomic E-state index is 0.491. The van der Waals surface area contributed by atoms with Gasteiger partial charge in [0.15, 0.2) is 0 Å². The molecule has 2 aromatic carbocycles. The molecule has 0 saturated heterocycles. The van der Waals surface area contributed by atoms with Gasteiger partial charge in [0.25, 0.3) is 10.1 Å². The molecule has 27 heavy (non-hydrogen) atoms. The number of hydrogen-bond acceptors (Lipinski definition) is 4. The highest BCUT2D eigenvalue weighted by Gasteiger charge is 2.15. The van der Waals surface area contributed by atoms with Crippen LogP contribution in [0.3, 0.4) is 0 Å². The summed E-state index contributed by atoms with van der Waals surface area (Å²) in [5, 5.41) is 1.68. The lowest BCUT2D eigenvalue weighted by molar-refractivity contribution is 0.211. The van der Waals surface area contributed by atoms with E-state index in [0.717, 1.165) is 34.0 Å². The van der Waals surface area contributed by atoms with Gasteiger partial charge in [0, 0.05) is 10.4 Å². The van der Waals surface area contributed by atoms with Gasteiger partial charge in [0.05, 0.1) is 17.5 Å². The van der Waals surface area contributed by atoms with Gasteiger partial charge in [-0.1, -0.05) is 54.9 Å². The molecule has 0 N–H and O–H groups in total. The third kappa shape index (κ3) is 5.39. The Morgan fingerprint density at radius 2 is 1.89 bits per heavy atom. The molecule has 0 spiro atoms. The van der Waals surface area contributed by atoms with Crippen LogP contribution in [0.15, 0.2) is 54.6 Å². The molecule has 3 aromatic rings. The van der Waals surface area contributed by atoms with Gasteiger partial charge in [-0.05, 0) is 47.9 Å². The molecule has 0 amide bonds. The van der Waals surface area contributed by atoms with E-state index in [1.54, 1.807) is 0 Å². The highest BCUT2D eigenvalue weighted by atomic mass is 35.5. The molecule has 4 nitrogen and oxygen atoms in total. The van der Waals surface area contributed by atoms with E-state index in [2.05, 4.69) is 4.98 Å². The molecule has 0 bridgehead atoms. The predicted octanol–water partition coefficient (Wildman–Crippen LogP) is 5.49. The molecule has 0 unspecified atom stereocenters. The zero-order valence-electron chi connectivity index (χ0n) is 15.1. The smallest absolute Gasteiger partial charge is 0.262 e. The highest BCUT2D eigenvalue weighted by molar-refractivity contribution is 7.86. The van der Waals surface area contributed by atoms with E-state index in [1.165, 1.54) is 0 Å². The van der Waals surface area contributed by atoms with Gasteiger partial charge in [-0.15, -0.1) is 0 Å². The summed E-state index contributed by atoms with van der Waals surface area (Å²) < 4.78 is 28.1. The average molecular weight is 402 g/mol. The maximum atomic E-state index is 11.4. The maximum Gasteiger partial charge on any atom is 0.264 e. The highest BCUT2D eigenvalue weighted by Crippen LogP contribution is 2.24. The Hall–Kier alpha value is -2.21. The van der Waals surface area contributed by atoms with Crippen molar-refractivity contribution >= 4 is 44.8 Å². The predicted molar refractivity (Wildman–Crippen MR) is 111 cm³/mol. The van der Waals surface area contributed by atoms with Crippen molar-refractivity contribution in [2.24, 2.45) is 0 Å². The van der Waals surface area contributed by atoms with Crippen LogP contribution >= 0.6 is 11.6 Å². The molecule has 0 radical (unpaired) electrons. The Labute approximate surface area is 164 Å². The molecule has 0 saturated carbocycles. The van der Waals surface area contributed by atoms with Gasteiger partial charge in [-0.25, -0.2) is 4.98 Å². The lowest BCUT2D eigenvalue weighted by atomic mass is 10.0. The lowest BCUT2D eigenvalue weighted by Gasteiger charge is -2.15. The monoisotopic (exact) mass is 401 g/mol. The maximum absolute atomic E-state index is 11.4. The number of fused-ring (bicyclic) bond motifs is 1. The fraction of sp³-hybridized carbons (Fsp3) is 0.190. The molecule has 0 aliphatic rings. The zero-order chi connectivity index (χ0) is 19.4. The van der Waals surface area contributed by atoms with Crippen LogP contribution in [0.2, 0.25) is 5.02 Å². The van der Waals surface area contributed by atoms with Crippen molar-refractivity contribution in [1.29, 1.82) is 0 Å². The molecule has 1 heterocycles. The molecular weight excluding hydrogens is 382 g/mol. The molecule has 140 valence electrons. The Balaban J connectivity index is 1.85. The summed E-state index contributed by atoms with van der Waals surface area (Å²) in [5.74, 6) is 0. The number of benzene rings is 2. The third-order valence-electron chi connectivity index (χ3n) is 4.07. The van der Waals surface area contributed by atoms with Gasteiger partial charge in [-0.3, -0.25) is 4.18 Å². The van der Waals surface area contributed by atoms with E-state index in [1.807, 2.05) is 73.7 Å². The van der Waals surface area contributed by atoms with Gasteiger partial charge >= 0.3 is 0 Å². The summed E-state index contributed by atoms with van der Waals surface area (Å²) in [7, 11) is -3.51. The normalized spacial score (nSPS) is 13.3. The molecule has 0 aliphatic heterocycles. The quantitative estimate of drug-likeness (QED) is 0.513. The van der Waals surface area contributed by atoms with Gasteiger partial charge in [0.2, 0.25) is 0 Å². The second-order valence-electron chi connectivity index (χ2n) is 6.27. The minimum Gasteiger partial charge on any atom is -0.262 e. The molecule has 0 fully saturated rings. The standard InChI is InChI=1S/C21H20ClNO3S/c1-3-21(26-27(2,24)25)17-6-4-5-15(13-17)7-11-19-12-9-16-8-10-18(22)14-20(16)23-19/h4-14,21H,3H2,1-2H3/t21-/m0/s1.